The van der Waals surface area contributed by atoms with Crippen molar-refractivity contribution in [2.24, 2.45) is 0 Å². The fourth-order valence-electron chi connectivity index (χ4n) is 1.99. The molecule has 0 saturated heterocycles. The minimum atomic E-state index is -1.29. The van der Waals surface area contributed by atoms with Gasteiger partial charge in [0, 0.05) is 5.02 Å². The minimum Gasteiger partial charge on any atom is -0.493 e. The average molecular weight is 397 g/mol. The molecule has 0 aliphatic carbocycles. The number of ether oxygens (including phenoxy) is 2. The number of methoxy groups -OCH3 is 1. The maximum absolute atomic E-state index is 11.5. The molecule has 0 bridgehead atoms. The van der Waals surface area contributed by atoms with Crippen LogP contribution in [0.1, 0.15) is 11.1 Å². The largest absolute Gasteiger partial charge is 0.493 e. The van der Waals surface area contributed by atoms with E-state index in [1.54, 1.807) is 42.5 Å². The molecule has 4 nitrogen and oxygen atoms in total. The molecular formula is C18H12Cl3NO3. The van der Waals surface area contributed by atoms with Gasteiger partial charge in [-0.1, -0.05) is 53.0 Å². The van der Waals surface area contributed by atoms with Crippen LogP contribution in [0.25, 0.3) is 11.6 Å². The van der Waals surface area contributed by atoms with E-state index in [9.17, 15) is 10.1 Å². The Morgan fingerprint density at radius 3 is 2.40 bits per heavy atom. The fraction of sp³-hybridized carbons (Fsp3) is 0.111. The molecule has 0 aliphatic rings. The molecule has 25 heavy (non-hydrogen) atoms. The Bertz CT molecular complexity index is 840. The lowest BCUT2D eigenvalue weighted by Gasteiger charge is -2.10. The van der Waals surface area contributed by atoms with E-state index in [1.807, 2.05) is 0 Å². The van der Waals surface area contributed by atoms with Crippen LogP contribution in [0.3, 0.4) is 0 Å². The Balaban J connectivity index is 2.34. The molecule has 0 fully saturated rings. The number of hydrogen-bond acceptors (Lipinski definition) is 4. The molecule has 2 aromatic rings. The van der Waals surface area contributed by atoms with E-state index in [-0.39, 0.29) is 5.75 Å². The van der Waals surface area contributed by atoms with Gasteiger partial charge >= 0.3 is 5.97 Å². The molecule has 0 heterocycles. The summed E-state index contributed by atoms with van der Waals surface area (Å²) in [7, 11) is 1.43. The minimum absolute atomic E-state index is 0.181. The third-order valence-electron chi connectivity index (χ3n) is 3.16. The van der Waals surface area contributed by atoms with Crippen LogP contribution in [-0.2, 0) is 4.79 Å². The number of alkyl halides is 2. The third kappa shape index (κ3) is 5.14. The van der Waals surface area contributed by atoms with Crippen molar-refractivity contribution in [2.45, 2.75) is 4.84 Å². The quantitative estimate of drug-likeness (QED) is 0.231. The molecule has 0 saturated carbocycles. The summed E-state index contributed by atoms with van der Waals surface area (Å²) in [6, 6.07) is 13.9. The molecule has 0 N–H and O–H groups in total. The highest BCUT2D eigenvalue weighted by atomic mass is 35.5. The lowest BCUT2D eigenvalue weighted by Crippen LogP contribution is -2.16. The second-order valence-corrected chi connectivity index (χ2v) is 6.34. The van der Waals surface area contributed by atoms with E-state index in [2.05, 4.69) is 6.07 Å². The van der Waals surface area contributed by atoms with Gasteiger partial charge in [0.2, 0.25) is 4.84 Å². The normalized spacial score (nSPS) is 11.1. The molecule has 7 heteroatoms. The zero-order valence-electron chi connectivity index (χ0n) is 13.0. The van der Waals surface area contributed by atoms with Crippen molar-refractivity contribution in [3.63, 3.8) is 0 Å². The molecule has 2 aromatic carbocycles. The van der Waals surface area contributed by atoms with E-state index < -0.39 is 10.8 Å². The summed E-state index contributed by atoms with van der Waals surface area (Å²) >= 11 is 16.8. The molecule has 0 aliphatic heterocycles. The Labute approximate surface area is 160 Å². The molecule has 2 rings (SSSR count). The predicted octanol–water partition coefficient (Wildman–Crippen LogP) is 5.12. The summed E-state index contributed by atoms with van der Waals surface area (Å²) in [6.07, 6.45) is 1.68. The Hall–Kier alpha value is -2.19. The molecule has 0 aromatic heterocycles. The van der Waals surface area contributed by atoms with E-state index in [1.165, 1.54) is 13.2 Å². The Morgan fingerprint density at radius 2 is 1.84 bits per heavy atom. The first-order valence-corrected chi connectivity index (χ1v) is 8.25. The van der Waals surface area contributed by atoms with Crippen LogP contribution < -0.4 is 9.47 Å². The van der Waals surface area contributed by atoms with Crippen molar-refractivity contribution in [3.8, 4) is 17.6 Å². The van der Waals surface area contributed by atoms with Gasteiger partial charge in [0.15, 0.2) is 11.5 Å². The zero-order chi connectivity index (χ0) is 18.4. The summed E-state index contributed by atoms with van der Waals surface area (Å²) in [5.41, 5.74) is 1.87. The number of carbonyl (C=O) groups is 1. The topological polar surface area (TPSA) is 59.3 Å². The Kier molecular flexibility index (Phi) is 6.72. The lowest BCUT2D eigenvalue weighted by molar-refractivity contribution is -0.132. The highest BCUT2D eigenvalue weighted by Gasteiger charge is 2.17. The monoisotopic (exact) mass is 395 g/mol. The third-order valence-corrected chi connectivity index (χ3v) is 3.77. The van der Waals surface area contributed by atoms with Crippen molar-refractivity contribution in [1.29, 1.82) is 5.26 Å². The van der Waals surface area contributed by atoms with E-state index in [4.69, 9.17) is 44.3 Å². The van der Waals surface area contributed by atoms with E-state index >= 15 is 0 Å². The van der Waals surface area contributed by atoms with Gasteiger partial charge in [0.1, 0.15) is 0 Å². The second kappa shape index (κ2) is 8.77. The van der Waals surface area contributed by atoms with Gasteiger partial charge in [-0.3, -0.25) is 0 Å². The number of hydrogen-bond donors (Lipinski definition) is 0. The molecule has 128 valence electrons. The summed E-state index contributed by atoms with van der Waals surface area (Å²) in [4.78, 5) is 10.2. The molecule has 0 spiro atoms. The summed E-state index contributed by atoms with van der Waals surface area (Å²) < 4.78 is 10.3. The number of carbonyl (C=O) groups excluding carboxylic acids is 1. The van der Waals surface area contributed by atoms with Crippen molar-refractivity contribution in [3.05, 3.63) is 58.6 Å². The van der Waals surface area contributed by atoms with Gasteiger partial charge in [0.05, 0.1) is 18.8 Å². The first kappa shape index (κ1) is 19.1. The maximum atomic E-state index is 11.5. The van der Waals surface area contributed by atoms with Crippen LogP contribution in [0, 0.1) is 11.3 Å². The number of halogens is 3. The van der Waals surface area contributed by atoms with Crippen LogP contribution >= 0.6 is 34.8 Å². The summed E-state index contributed by atoms with van der Waals surface area (Å²) in [5, 5.41) is 9.98. The predicted molar refractivity (Wildman–Crippen MR) is 99.1 cm³/mol. The summed E-state index contributed by atoms with van der Waals surface area (Å²) in [5.74, 6) is -0.311. The number of allylic oxidation sites excluding steroid dienone is 1. The van der Waals surface area contributed by atoms with Gasteiger partial charge in [-0.05, 0) is 41.5 Å². The van der Waals surface area contributed by atoms with Gasteiger partial charge in [0.25, 0.3) is 0 Å². The maximum Gasteiger partial charge on any atom is 0.344 e. The first-order chi connectivity index (χ1) is 11.9. The highest BCUT2D eigenvalue weighted by molar-refractivity contribution is 6.53. The van der Waals surface area contributed by atoms with Gasteiger partial charge < -0.3 is 9.47 Å². The van der Waals surface area contributed by atoms with Crippen LogP contribution in [-0.4, -0.2) is 17.9 Å². The fourth-order valence-corrected chi connectivity index (χ4v) is 2.20. The number of rotatable bonds is 5. The number of nitrogens with zero attached hydrogens (tertiary/aromatic N) is 1. The van der Waals surface area contributed by atoms with Crippen molar-refractivity contribution in [2.75, 3.05) is 7.11 Å². The molecule has 0 unspecified atom stereocenters. The molecular weight excluding hydrogens is 385 g/mol. The van der Waals surface area contributed by atoms with Crippen LogP contribution in [0.4, 0.5) is 0 Å². The smallest absolute Gasteiger partial charge is 0.344 e. The first-order valence-electron chi connectivity index (χ1n) is 7.00. The number of benzene rings is 2. The van der Waals surface area contributed by atoms with E-state index in [0.29, 0.717) is 21.9 Å². The molecule has 0 atom stereocenters. The van der Waals surface area contributed by atoms with Crippen molar-refractivity contribution >= 4 is 52.4 Å². The molecule has 0 radical (unpaired) electrons. The standard InChI is InChI=1S/C18H12Cl3NO3/c1-24-16-9-11(2-7-15(16)25-18(23)17(20)21)8-13(10-22)12-3-5-14(19)6-4-12/h2-9,17H,1H3/b13-8+. The van der Waals surface area contributed by atoms with Crippen molar-refractivity contribution < 1.29 is 14.3 Å². The number of esters is 1. The lowest BCUT2D eigenvalue weighted by atomic mass is 10.0. The summed E-state index contributed by atoms with van der Waals surface area (Å²) in [6.45, 7) is 0. The van der Waals surface area contributed by atoms with Crippen LogP contribution in [0.2, 0.25) is 5.02 Å². The second-order valence-electron chi connectivity index (χ2n) is 4.81. The van der Waals surface area contributed by atoms with Gasteiger partial charge in [-0.25, -0.2) is 4.79 Å². The van der Waals surface area contributed by atoms with Gasteiger partial charge in [-0.2, -0.15) is 5.26 Å². The Morgan fingerprint density at radius 1 is 1.16 bits per heavy atom. The van der Waals surface area contributed by atoms with Gasteiger partial charge in [-0.15, -0.1) is 0 Å². The molecule has 0 amide bonds. The average Bonchev–Trinajstić information content (AvgIpc) is 2.61. The van der Waals surface area contributed by atoms with Crippen LogP contribution in [0.15, 0.2) is 42.5 Å². The highest BCUT2D eigenvalue weighted by Crippen LogP contribution is 2.30. The van der Waals surface area contributed by atoms with E-state index in [0.717, 1.165) is 5.56 Å². The van der Waals surface area contributed by atoms with Crippen LogP contribution in [0.5, 0.6) is 11.5 Å². The number of nitriles is 1. The van der Waals surface area contributed by atoms with Crippen molar-refractivity contribution in [1.82, 2.24) is 0 Å². The SMILES string of the molecule is COc1cc(/C=C(\C#N)c2ccc(Cl)cc2)ccc1OC(=O)C(Cl)Cl. The zero-order valence-corrected chi connectivity index (χ0v) is 15.3.